The lowest BCUT2D eigenvalue weighted by molar-refractivity contribution is -0.137. The fourth-order valence-corrected chi connectivity index (χ4v) is 3.63. The molecule has 0 spiro atoms. The Kier molecular flexibility index (Phi) is 4.30. The molecular formula is C19H16ClF4NO. The highest BCUT2D eigenvalue weighted by Crippen LogP contribution is 2.45. The lowest BCUT2D eigenvalue weighted by Gasteiger charge is -2.18. The first kappa shape index (κ1) is 18.7. The quantitative estimate of drug-likeness (QED) is 0.597. The van der Waals surface area contributed by atoms with Crippen molar-refractivity contribution in [2.75, 3.05) is 11.4 Å². The van der Waals surface area contributed by atoms with E-state index in [1.54, 1.807) is 36.9 Å². The number of benzene rings is 2. The molecule has 1 heterocycles. The van der Waals surface area contributed by atoms with E-state index < -0.39 is 23.0 Å². The molecule has 0 fully saturated rings. The number of nitrogens with zero attached hydrogens (tertiary/aromatic N) is 1. The second kappa shape index (κ2) is 5.98. The van der Waals surface area contributed by atoms with Crippen molar-refractivity contribution in [2.45, 2.75) is 32.4 Å². The van der Waals surface area contributed by atoms with Crippen LogP contribution in [0.4, 0.5) is 23.2 Å². The van der Waals surface area contributed by atoms with Gasteiger partial charge < -0.3 is 4.90 Å². The SMILES string of the molecule is CCN1C(=O)C(C)(C)c2cc(-c3c(F)cc(C(F)(F)F)cc3Cl)ccc21. The number of fused-ring (bicyclic) bond motifs is 1. The molecule has 3 rings (SSSR count). The van der Waals surface area contributed by atoms with Crippen LogP contribution in [0.5, 0.6) is 0 Å². The molecule has 1 aliphatic rings. The first-order valence-electron chi connectivity index (χ1n) is 8.01. The summed E-state index contributed by atoms with van der Waals surface area (Å²) in [5, 5.41) is -0.327. The summed E-state index contributed by atoms with van der Waals surface area (Å²) in [6.45, 7) is 5.87. The van der Waals surface area contributed by atoms with Crippen LogP contribution in [-0.4, -0.2) is 12.5 Å². The molecule has 0 saturated heterocycles. The molecule has 0 aliphatic carbocycles. The van der Waals surface area contributed by atoms with E-state index in [0.717, 1.165) is 5.69 Å². The Morgan fingerprint density at radius 1 is 1.15 bits per heavy atom. The lowest BCUT2D eigenvalue weighted by Crippen LogP contribution is -2.35. The molecule has 2 nitrogen and oxygen atoms in total. The van der Waals surface area contributed by atoms with E-state index in [-0.39, 0.29) is 16.5 Å². The van der Waals surface area contributed by atoms with E-state index in [1.807, 2.05) is 6.92 Å². The van der Waals surface area contributed by atoms with Gasteiger partial charge in [0, 0.05) is 17.8 Å². The first-order valence-corrected chi connectivity index (χ1v) is 8.39. The molecule has 0 saturated carbocycles. The first-order chi connectivity index (χ1) is 12.0. The Bertz CT molecular complexity index is 882. The van der Waals surface area contributed by atoms with Crippen LogP contribution >= 0.6 is 11.6 Å². The van der Waals surface area contributed by atoms with Crippen LogP contribution in [0.25, 0.3) is 11.1 Å². The summed E-state index contributed by atoms with van der Waals surface area (Å²) >= 11 is 5.96. The number of hydrogen-bond donors (Lipinski definition) is 0. The number of hydrogen-bond acceptors (Lipinski definition) is 1. The van der Waals surface area contributed by atoms with Gasteiger partial charge in [0.1, 0.15) is 5.82 Å². The number of carbonyl (C=O) groups is 1. The highest BCUT2D eigenvalue weighted by atomic mass is 35.5. The summed E-state index contributed by atoms with van der Waals surface area (Å²) in [5.41, 5.74) is -0.320. The van der Waals surface area contributed by atoms with Crippen molar-refractivity contribution in [2.24, 2.45) is 0 Å². The molecule has 2 aromatic carbocycles. The molecule has 0 unspecified atom stereocenters. The van der Waals surface area contributed by atoms with E-state index in [4.69, 9.17) is 11.6 Å². The van der Waals surface area contributed by atoms with Crippen LogP contribution in [0.3, 0.4) is 0 Å². The van der Waals surface area contributed by atoms with Crippen LogP contribution in [0, 0.1) is 5.82 Å². The molecule has 0 atom stereocenters. The van der Waals surface area contributed by atoms with E-state index in [1.165, 1.54) is 0 Å². The second-order valence-electron chi connectivity index (χ2n) is 6.72. The average Bonchev–Trinajstić information content (AvgIpc) is 2.72. The fraction of sp³-hybridized carbons (Fsp3) is 0.316. The summed E-state index contributed by atoms with van der Waals surface area (Å²) in [5.74, 6) is -1.13. The van der Waals surface area contributed by atoms with Crippen LogP contribution in [-0.2, 0) is 16.4 Å². The van der Waals surface area contributed by atoms with Gasteiger partial charge in [0.2, 0.25) is 5.91 Å². The van der Waals surface area contributed by atoms with Crippen molar-refractivity contribution in [3.8, 4) is 11.1 Å². The number of carbonyl (C=O) groups excluding carboxylic acids is 1. The Morgan fingerprint density at radius 3 is 2.35 bits per heavy atom. The summed E-state index contributed by atoms with van der Waals surface area (Å²) in [6, 6.07) is 6.01. The van der Waals surface area contributed by atoms with Crippen molar-refractivity contribution in [3.05, 3.63) is 52.3 Å². The van der Waals surface area contributed by atoms with Crippen molar-refractivity contribution >= 4 is 23.2 Å². The zero-order valence-electron chi connectivity index (χ0n) is 14.3. The van der Waals surface area contributed by atoms with Gasteiger partial charge in [0.25, 0.3) is 0 Å². The lowest BCUT2D eigenvalue weighted by atomic mass is 9.84. The Morgan fingerprint density at radius 2 is 1.81 bits per heavy atom. The van der Waals surface area contributed by atoms with Gasteiger partial charge in [-0.1, -0.05) is 17.7 Å². The topological polar surface area (TPSA) is 20.3 Å². The maximum absolute atomic E-state index is 14.4. The molecule has 0 bridgehead atoms. The molecule has 138 valence electrons. The van der Waals surface area contributed by atoms with Crippen LogP contribution < -0.4 is 4.90 Å². The van der Waals surface area contributed by atoms with Gasteiger partial charge in [-0.2, -0.15) is 13.2 Å². The van der Waals surface area contributed by atoms with Gasteiger partial charge >= 0.3 is 6.18 Å². The van der Waals surface area contributed by atoms with E-state index in [0.29, 0.717) is 29.8 Å². The maximum atomic E-state index is 14.4. The smallest absolute Gasteiger partial charge is 0.312 e. The predicted molar refractivity (Wildman–Crippen MR) is 92.9 cm³/mol. The highest BCUT2D eigenvalue weighted by molar-refractivity contribution is 6.33. The molecule has 0 radical (unpaired) electrons. The Hall–Kier alpha value is -2.08. The van der Waals surface area contributed by atoms with Crippen molar-refractivity contribution < 1.29 is 22.4 Å². The summed E-state index contributed by atoms with van der Waals surface area (Å²) < 4.78 is 52.9. The summed E-state index contributed by atoms with van der Waals surface area (Å²) in [6.07, 6.45) is -4.68. The molecule has 1 aliphatic heterocycles. The zero-order valence-corrected chi connectivity index (χ0v) is 15.1. The number of anilines is 1. The van der Waals surface area contributed by atoms with Crippen molar-refractivity contribution in [3.63, 3.8) is 0 Å². The number of likely N-dealkylation sites (N-methyl/N-ethyl adjacent to an activating group) is 1. The van der Waals surface area contributed by atoms with Gasteiger partial charge in [-0.15, -0.1) is 0 Å². The largest absolute Gasteiger partial charge is 0.416 e. The summed E-state index contributed by atoms with van der Waals surface area (Å²) in [4.78, 5) is 14.2. The number of halogens is 5. The molecule has 0 N–H and O–H groups in total. The normalized spacial score (nSPS) is 16.2. The minimum Gasteiger partial charge on any atom is -0.312 e. The van der Waals surface area contributed by atoms with Crippen LogP contribution in [0.1, 0.15) is 31.9 Å². The van der Waals surface area contributed by atoms with E-state index >= 15 is 0 Å². The Balaban J connectivity index is 2.17. The van der Waals surface area contributed by atoms with Crippen LogP contribution in [0.2, 0.25) is 5.02 Å². The maximum Gasteiger partial charge on any atom is 0.416 e. The van der Waals surface area contributed by atoms with E-state index in [2.05, 4.69) is 0 Å². The van der Waals surface area contributed by atoms with E-state index in [9.17, 15) is 22.4 Å². The number of amides is 1. The standard InChI is InChI=1S/C19H16ClF4NO/c1-4-25-15-6-5-10(7-12(15)18(2,3)17(25)26)16-13(20)8-11(9-14(16)21)19(22,23)24/h5-9H,4H2,1-3H3. The monoisotopic (exact) mass is 385 g/mol. The fourth-order valence-electron chi connectivity index (χ4n) is 3.32. The average molecular weight is 386 g/mol. The molecule has 0 aromatic heterocycles. The third-order valence-corrected chi connectivity index (χ3v) is 5.01. The number of rotatable bonds is 2. The molecular weight excluding hydrogens is 370 g/mol. The summed E-state index contributed by atoms with van der Waals surface area (Å²) in [7, 11) is 0. The molecule has 7 heteroatoms. The number of alkyl halides is 3. The minimum absolute atomic E-state index is 0.0776. The van der Waals surface area contributed by atoms with Gasteiger partial charge in [-0.3, -0.25) is 4.79 Å². The third-order valence-electron chi connectivity index (χ3n) is 4.71. The van der Waals surface area contributed by atoms with Crippen molar-refractivity contribution in [1.82, 2.24) is 0 Å². The van der Waals surface area contributed by atoms with Crippen LogP contribution in [0.15, 0.2) is 30.3 Å². The third kappa shape index (κ3) is 2.76. The van der Waals surface area contributed by atoms with Crippen molar-refractivity contribution in [1.29, 1.82) is 0 Å². The molecule has 26 heavy (non-hydrogen) atoms. The molecule has 2 aromatic rings. The highest BCUT2D eigenvalue weighted by Gasteiger charge is 2.43. The molecule has 1 amide bonds. The second-order valence-corrected chi connectivity index (χ2v) is 7.13. The minimum atomic E-state index is -4.68. The van der Waals surface area contributed by atoms with Gasteiger partial charge in [-0.05, 0) is 56.2 Å². The van der Waals surface area contributed by atoms with Gasteiger partial charge in [-0.25, -0.2) is 4.39 Å². The predicted octanol–water partition coefficient (Wildman–Crippen LogP) is 5.81. The zero-order chi connectivity index (χ0) is 19.4. The van der Waals surface area contributed by atoms with Gasteiger partial charge in [0.05, 0.1) is 16.0 Å². The Labute approximate surface area is 153 Å². The van der Waals surface area contributed by atoms with Gasteiger partial charge in [0.15, 0.2) is 0 Å².